The fraction of sp³-hybridized carbons (Fsp3) is 0.600. The summed E-state index contributed by atoms with van der Waals surface area (Å²) in [6.07, 6.45) is 10.4. The molecule has 1 fully saturated rings. The molecule has 1 saturated carbocycles. The number of allylic oxidation sites excluding steroid dienone is 6. The maximum atomic E-state index is 2.41. The smallest absolute Gasteiger partial charge is 0.00161 e. The highest BCUT2D eigenvalue weighted by Gasteiger charge is 2.37. The van der Waals surface area contributed by atoms with E-state index >= 15 is 0 Å². The van der Waals surface area contributed by atoms with Gasteiger partial charge in [0, 0.05) is 5.92 Å². The van der Waals surface area contributed by atoms with Crippen LogP contribution in [-0.4, -0.2) is 0 Å². The Hall–Kier alpha value is -0.780. The van der Waals surface area contributed by atoms with E-state index in [1.807, 2.05) is 0 Å². The van der Waals surface area contributed by atoms with Crippen LogP contribution in [0.2, 0.25) is 0 Å². The third-order valence-corrected chi connectivity index (χ3v) is 4.24. The van der Waals surface area contributed by atoms with E-state index in [0.717, 1.165) is 23.7 Å². The zero-order valence-corrected chi connectivity index (χ0v) is 10.3. The van der Waals surface area contributed by atoms with Crippen molar-refractivity contribution in [2.75, 3.05) is 0 Å². The molecule has 0 N–H and O–H groups in total. The minimum atomic E-state index is 0.724. The molecule has 2 rings (SSSR count). The van der Waals surface area contributed by atoms with Crippen molar-refractivity contribution >= 4 is 0 Å². The van der Waals surface area contributed by atoms with Gasteiger partial charge in [-0.2, -0.15) is 0 Å². The number of hydrogen-bond acceptors (Lipinski definition) is 0. The molecule has 3 atom stereocenters. The summed E-state index contributed by atoms with van der Waals surface area (Å²) in [5, 5.41) is 0. The van der Waals surface area contributed by atoms with Gasteiger partial charge in [-0.1, -0.05) is 56.2 Å². The Bertz CT molecular complexity index is 328. The fourth-order valence-electron chi connectivity index (χ4n) is 3.23. The van der Waals surface area contributed by atoms with Gasteiger partial charge in [-0.25, -0.2) is 0 Å². The summed E-state index contributed by atoms with van der Waals surface area (Å²) in [6.45, 7) is 9.41. The molecule has 0 bridgehead atoms. The lowest BCUT2D eigenvalue weighted by Crippen LogP contribution is -2.11. The molecule has 0 saturated heterocycles. The van der Waals surface area contributed by atoms with Crippen molar-refractivity contribution in [3.63, 3.8) is 0 Å². The van der Waals surface area contributed by atoms with E-state index in [1.165, 1.54) is 6.42 Å². The largest absolute Gasteiger partial charge is 0.0661 e. The van der Waals surface area contributed by atoms with Gasteiger partial charge in [0.2, 0.25) is 0 Å². The number of rotatable bonds is 1. The van der Waals surface area contributed by atoms with E-state index in [4.69, 9.17) is 0 Å². The Labute approximate surface area is 93.8 Å². The van der Waals surface area contributed by atoms with E-state index in [2.05, 4.69) is 52.0 Å². The van der Waals surface area contributed by atoms with Crippen LogP contribution in [0, 0.1) is 23.7 Å². The van der Waals surface area contributed by atoms with Gasteiger partial charge < -0.3 is 0 Å². The van der Waals surface area contributed by atoms with E-state index in [1.54, 1.807) is 11.1 Å². The quantitative estimate of drug-likeness (QED) is 0.592. The molecule has 3 unspecified atom stereocenters. The van der Waals surface area contributed by atoms with Crippen LogP contribution in [0.3, 0.4) is 0 Å². The second-order valence-electron chi connectivity index (χ2n) is 5.45. The Morgan fingerprint density at radius 3 is 2.53 bits per heavy atom. The first-order chi connectivity index (χ1) is 7.11. The van der Waals surface area contributed by atoms with E-state index < -0.39 is 0 Å². The topological polar surface area (TPSA) is 0 Å². The molecule has 0 heteroatoms. The van der Waals surface area contributed by atoms with Crippen LogP contribution in [0.1, 0.15) is 34.1 Å². The van der Waals surface area contributed by atoms with Crippen molar-refractivity contribution in [2.24, 2.45) is 23.7 Å². The monoisotopic (exact) mass is 202 g/mol. The summed E-state index contributed by atoms with van der Waals surface area (Å²) < 4.78 is 0. The lowest BCUT2D eigenvalue weighted by molar-refractivity contribution is 0.325. The number of fused-ring (bicyclic) bond motifs is 1. The van der Waals surface area contributed by atoms with Gasteiger partial charge >= 0.3 is 0 Å². The predicted molar refractivity (Wildman–Crippen MR) is 66.6 cm³/mol. The standard InChI is InChI=1S/C15H22/c1-10(2)14-9-15-11(3)7-5-6-8-13(15)12(14)4/h5-8,10,12,14-15H,9H2,1-4H3. The summed E-state index contributed by atoms with van der Waals surface area (Å²) in [5.41, 5.74) is 3.21. The normalized spacial score (nSPS) is 34.9. The minimum Gasteiger partial charge on any atom is -0.0661 e. The fourth-order valence-corrected chi connectivity index (χ4v) is 3.23. The highest BCUT2D eigenvalue weighted by Crippen LogP contribution is 2.47. The summed E-state index contributed by atoms with van der Waals surface area (Å²) in [7, 11) is 0. The van der Waals surface area contributed by atoms with Crippen molar-refractivity contribution in [1.29, 1.82) is 0 Å². The Kier molecular flexibility index (Phi) is 2.86. The van der Waals surface area contributed by atoms with Crippen LogP contribution < -0.4 is 0 Å². The zero-order chi connectivity index (χ0) is 11.0. The van der Waals surface area contributed by atoms with Crippen LogP contribution >= 0.6 is 0 Å². The summed E-state index contributed by atoms with van der Waals surface area (Å²) >= 11 is 0. The van der Waals surface area contributed by atoms with Gasteiger partial charge in [0.25, 0.3) is 0 Å². The molecule has 0 radical (unpaired) electrons. The summed E-state index contributed by atoms with van der Waals surface area (Å²) in [5.74, 6) is 3.17. The zero-order valence-electron chi connectivity index (χ0n) is 10.3. The van der Waals surface area contributed by atoms with Crippen molar-refractivity contribution in [1.82, 2.24) is 0 Å². The van der Waals surface area contributed by atoms with Crippen LogP contribution in [0.5, 0.6) is 0 Å². The molecule has 0 amide bonds. The van der Waals surface area contributed by atoms with Crippen LogP contribution in [0.4, 0.5) is 0 Å². The molecule has 15 heavy (non-hydrogen) atoms. The molecule has 82 valence electrons. The minimum absolute atomic E-state index is 0.724. The molecule has 0 aromatic heterocycles. The highest BCUT2D eigenvalue weighted by atomic mass is 14.4. The maximum absolute atomic E-state index is 2.41. The average Bonchev–Trinajstić information content (AvgIpc) is 2.39. The van der Waals surface area contributed by atoms with Crippen LogP contribution in [0.25, 0.3) is 0 Å². The van der Waals surface area contributed by atoms with Crippen molar-refractivity contribution in [3.8, 4) is 0 Å². The third kappa shape index (κ3) is 1.82. The molecule has 0 heterocycles. The SMILES string of the molecule is CC1=CC=CC=C2C1CC(C(C)C)C2C. The van der Waals surface area contributed by atoms with Crippen molar-refractivity contribution < 1.29 is 0 Å². The van der Waals surface area contributed by atoms with E-state index in [0.29, 0.717) is 0 Å². The second-order valence-corrected chi connectivity index (χ2v) is 5.45. The van der Waals surface area contributed by atoms with Gasteiger partial charge in [-0.15, -0.1) is 0 Å². The first-order valence-corrected chi connectivity index (χ1v) is 6.16. The molecule has 0 aromatic carbocycles. The van der Waals surface area contributed by atoms with Crippen molar-refractivity contribution in [3.05, 3.63) is 35.5 Å². The van der Waals surface area contributed by atoms with Gasteiger partial charge in [-0.3, -0.25) is 0 Å². The van der Waals surface area contributed by atoms with E-state index in [9.17, 15) is 0 Å². The lowest BCUT2D eigenvalue weighted by Gasteiger charge is -2.19. The summed E-state index contributed by atoms with van der Waals surface area (Å²) in [4.78, 5) is 0. The summed E-state index contributed by atoms with van der Waals surface area (Å²) in [6, 6.07) is 0. The molecule has 0 aliphatic heterocycles. The Balaban J connectivity index is 2.31. The van der Waals surface area contributed by atoms with Crippen LogP contribution in [0.15, 0.2) is 35.5 Å². The van der Waals surface area contributed by atoms with Crippen LogP contribution in [-0.2, 0) is 0 Å². The molecule has 2 aliphatic carbocycles. The molecular weight excluding hydrogens is 180 g/mol. The molecule has 0 aromatic rings. The number of hydrogen-bond donors (Lipinski definition) is 0. The Morgan fingerprint density at radius 2 is 1.87 bits per heavy atom. The third-order valence-electron chi connectivity index (χ3n) is 4.24. The first kappa shape index (κ1) is 10.7. The van der Waals surface area contributed by atoms with Gasteiger partial charge in [-0.05, 0) is 31.1 Å². The van der Waals surface area contributed by atoms with Gasteiger partial charge in [0.15, 0.2) is 0 Å². The van der Waals surface area contributed by atoms with Crippen molar-refractivity contribution in [2.45, 2.75) is 34.1 Å². The van der Waals surface area contributed by atoms with E-state index in [-0.39, 0.29) is 0 Å². The second kappa shape index (κ2) is 4.00. The maximum Gasteiger partial charge on any atom is 0.00161 e. The molecular formula is C15H22. The highest BCUT2D eigenvalue weighted by molar-refractivity contribution is 5.35. The average molecular weight is 202 g/mol. The first-order valence-electron chi connectivity index (χ1n) is 6.16. The molecule has 0 nitrogen and oxygen atoms in total. The predicted octanol–water partition coefficient (Wildman–Crippen LogP) is 4.36. The lowest BCUT2D eigenvalue weighted by atomic mass is 9.86. The molecule has 2 aliphatic rings. The molecule has 0 spiro atoms. The Morgan fingerprint density at radius 1 is 1.20 bits per heavy atom. The van der Waals surface area contributed by atoms with Gasteiger partial charge in [0.1, 0.15) is 0 Å². The van der Waals surface area contributed by atoms with Gasteiger partial charge in [0.05, 0.1) is 0 Å².